The molecule has 0 radical (unpaired) electrons. The molecule has 2 atom stereocenters. The summed E-state index contributed by atoms with van der Waals surface area (Å²) in [4.78, 5) is 13.9. The Morgan fingerprint density at radius 3 is 2.85 bits per heavy atom. The van der Waals surface area contributed by atoms with E-state index in [1.807, 2.05) is 19.3 Å². The van der Waals surface area contributed by atoms with Crippen LogP contribution in [0.15, 0.2) is 18.6 Å². The fourth-order valence-electron chi connectivity index (χ4n) is 4.35. The van der Waals surface area contributed by atoms with Gasteiger partial charge in [-0.15, -0.1) is 12.3 Å². The van der Waals surface area contributed by atoms with Gasteiger partial charge in [-0.05, 0) is 44.1 Å². The molecule has 0 aromatic carbocycles. The molecule has 0 amide bonds. The summed E-state index contributed by atoms with van der Waals surface area (Å²) in [7, 11) is -1.02. The van der Waals surface area contributed by atoms with Gasteiger partial charge in [-0.3, -0.25) is 0 Å². The van der Waals surface area contributed by atoms with Crippen molar-refractivity contribution in [2.24, 2.45) is 11.8 Å². The molecule has 2 saturated carbocycles. The molecule has 2 aromatic heterocycles. The number of hydrogen-bond acceptors (Lipinski definition) is 5. The van der Waals surface area contributed by atoms with Gasteiger partial charge in [0.15, 0.2) is 9.84 Å². The van der Waals surface area contributed by atoms with Crippen molar-refractivity contribution in [3.8, 4) is 12.3 Å². The van der Waals surface area contributed by atoms with Crippen LogP contribution in [0.4, 0.5) is 5.82 Å². The highest BCUT2D eigenvalue weighted by atomic mass is 32.2. The fourth-order valence-corrected chi connectivity index (χ4v) is 6.57. The van der Waals surface area contributed by atoms with E-state index >= 15 is 0 Å². The van der Waals surface area contributed by atoms with Gasteiger partial charge in [0.1, 0.15) is 17.8 Å². The maximum absolute atomic E-state index is 12.7. The average molecular weight is 372 g/mol. The van der Waals surface area contributed by atoms with E-state index in [0.717, 1.165) is 42.5 Å². The van der Waals surface area contributed by atoms with Crippen LogP contribution in [0.5, 0.6) is 0 Å². The van der Waals surface area contributed by atoms with Crippen LogP contribution in [0.2, 0.25) is 0 Å². The number of sulfone groups is 1. The molecular formula is C19H24N4O2S. The Labute approximate surface area is 154 Å². The first kappa shape index (κ1) is 17.3. The second-order valence-electron chi connectivity index (χ2n) is 7.67. The van der Waals surface area contributed by atoms with Crippen molar-refractivity contribution >= 4 is 26.7 Å². The number of aromatic amines is 1. The molecule has 138 valence electrons. The molecule has 0 saturated heterocycles. The first-order valence-corrected chi connectivity index (χ1v) is 10.9. The van der Waals surface area contributed by atoms with E-state index in [2.05, 4.69) is 25.8 Å². The van der Waals surface area contributed by atoms with Crippen molar-refractivity contribution in [2.75, 3.05) is 17.7 Å². The Hall–Kier alpha value is -2.07. The Balaban J connectivity index is 1.37. The largest absolute Gasteiger partial charge is 0.356 e. The molecule has 4 rings (SSSR count). The number of terminal acetylenes is 1. The van der Waals surface area contributed by atoms with Crippen LogP contribution < -0.4 is 4.90 Å². The van der Waals surface area contributed by atoms with Crippen molar-refractivity contribution in [1.82, 2.24) is 15.0 Å². The standard InChI is InChI=1S/C19H24N4O2S/c1-3-13-4-5-16(10-13)26(24,25)11-14-8-15(9-14)23(2)19-17-6-7-20-18(17)21-12-22-19/h1,6-7,12-16H,4-5,8-11H2,2H3,(H,20,21,22)/t13?,14-,15+,16?. The fraction of sp³-hybridized carbons (Fsp3) is 0.579. The number of fused-ring (bicyclic) bond motifs is 1. The molecule has 6 nitrogen and oxygen atoms in total. The van der Waals surface area contributed by atoms with Gasteiger partial charge in [0.2, 0.25) is 0 Å². The minimum absolute atomic E-state index is 0.136. The molecule has 2 aliphatic rings. The number of nitrogens with one attached hydrogen (secondary N) is 1. The third-order valence-corrected chi connectivity index (χ3v) is 8.40. The molecule has 0 bridgehead atoms. The molecular weight excluding hydrogens is 348 g/mol. The van der Waals surface area contributed by atoms with Gasteiger partial charge < -0.3 is 9.88 Å². The quantitative estimate of drug-likeness (QED) is 0.816. The van der Waals surface area contributed by atoms with Crippen molar-refractivity contribution in [3.63, 3.8) is 0 Å². The third kappa shape index (κ3) is 3.07. The van der Waals surface area contributed by atoms with E-state index in [1.165, 1.54) is 0 Å². The lowest BCUT2D eigenvalue weighted by molar-refractivity contribution is 0.281. The van der Waals surface area contributed by atoms with E-state index in [9.17, 15) is 8.42 Å². The molecule has 26 heavy (non-hydrogen) atoms. The normalized spacial score (nSPS) is 28.6. The zero-order valence-corrected chi connectivity index (χ0v) is 15.7. The summed E-state index contributed by atoms with van der Waals surface area (Å²) < 4.78 is 25.4. The van der Waals surface area contributed by atoms with Crippen LogP contribution in [0.1, 0.15) is 32.1 Å². The molecule has 0 aliphatic heterocycles. The lowest BCUT2D eigenvalue weighted by Crippen LogP contribution is -2.46. The number of aromatic nitrogens is 3. The van der Waals surface area contributed by atoms with Gasteiger partial charge in [-0.2, -0.15) is 0 Å². The lowest BCUT2D eigenvalue weighted by atomic mass is 9.81. The smallest absolute Gasteiger partial charge is 0.153 e. The predicted octanol–water partition coefficient (Wildman–Crippen LogP) is 2.39. The molecule has 1 N–H and O–H groups in total. The summed E-state index contributed by atoms with van der Waals surface area (Å²) in [5.74, 6) is 4.28. The molecule has 2 aromatic rings. The third-order valence-electron chi connectivity index (χ3n) is 6.02. The molecule has 2 heterocycles. The summed E-state index contributed by atoms with van der Waals surface area (Å²) in [6.07, 6.45) is 12.9. The molecule has 0 spiro atoms. The molecule has 7 heteroatoms. The number of rotatable bonds is 5. The number of anilines is 1. The Bertz CT molecular complexity index is 940. The van der Waals surface area contributed by atoms with Crippen molar-refractivity contribution in [2.45, 2.75) is 43.4 Å². The predicted molar refractivity (Wildman–Crippen MR) is 103 cm³/mol. The highest BCUT2D eigenvalue weighted by molar-refractivity contribution is 7.92. The van der Waals surface area contributed by atoms with Crippen LogP contribution in [-0.4, -0.2) is 47.5 Å². The lowest BCUT2D eigenvalue weighted by Gasteiger charge is -2.42. The van der Waals surface area contributed by atoms with E-state index in [1.54, 1.807) is 6.33 Å². The van der Waals surface area contributed by atoms with E-state index in [0.29, 0.717) is 18.2 Å². The molecule has 2 aliphatic carbocycles. The van der Waals surface area contributed by atoms with Crippen LogP contribution >= 0.6 is 0 Å². The number of H-pyrrole nitrogens is 1. The number of hydrogen-bond donors (Lipinski definition) is 1. The maximum Gasteiger partial charge on any atom is 0.153 e. The summed E-state index contributed by atoms with van der Waals surface area (Å²) >= 11 is 0. The van der Waals surface area contributed by atoms with Gasteiger partial charge >= 0.3 is 0 Å². The highest BCUT2D eigenvalue weighted by Crippen LogP contribution is 2.38. The Morgan fingerprint density at radius 1 is 1.31 bits per heavy atom. The highest BCUT2D eigenvalue weighted by Gasteiger charge is 2.40. The Morgan fingerprint density at radius 2 is 2.12 bits per heavy atom. The van der Waals surface area contributed by atoms with Crippen LogP contribution in [-0.2, 0) is 9.84 Å². The van der Waals surface area contributed by atoms with Crippen molar-refractivity contribution in [3.05, 3.63) is 18.6 Å². The van der Waals surface area contributed by atoms with Gasteiger partial charge in [-0.25, -0.2) is 18.4 Å². The summed E-state index contributed by atoms with van der Waals surface area (Å²) in [6, 6.07) is 2.30. The van der Waals surface area contributed by atoms with Crippen LogP contribution in [0.25, 0.3) is 11.0 Å². The average Bonchev–Trinajstić information content (AvgIpc) is 3.25. The first-order valence-electron chi connectivity index (χ1n) is 9.16. The number of nitrogens with zero attached hydrogens (tertiary/aromatic N) is 3. The van der Waals surface area contributed by atoms with Crippen LogP contribution in [0.3, 0.4) is 0 Å². The van der Waals surface area contributed by atoms with E-state index in [-0.39, 0.29) is 17.1 Å². The van der Waals surface area contributed by atoms with E-state index < -0.39 is 9.84 Å². The second kappa shape index (κ2) is 6.58. The maximum atomic E-state index is 12.7. The molecule has 2 fully saturated rings. The first-order chi connectivity index (χ1) is 12.5. The van der Waals surface area contributed by atoms with Gasteiger partial charge in [0.25, 0.3) is 0 Å². The summed E-state index contributed by atoms with van der Waals surface area (Å²) in [6.45, 7) is 0. The summed E-state index contributed by atoms with van der Waals surface area (Å²) in [5, 5.41) is 0.763. The van der Waals surface area contributed by atoms with Crippen LogP contribution in [0, 0.1) is 24.2 Å². The Kier molecular flexibility index (Phi) is 4.39. The van der Waals surface area contributed by atoms with Gasteiger partial charge in [0, 0.05) is 25.2 Å². The molecule has 2 unspecified atom stereocenters. The van der Waals surface area contributed by atoms with Gasteiger partial charge in [0.05, 0.1) is 16.4 Å². The SMILES string of the molecule is C#CC1CCC(S(=O)(=O)C[C@H]2C[C@@H](N(C)c3ncnc4[nH]ccc34)C2)C1. The van der Waals surface area contributed by atoms with Gasteiger partial charge in [-0.1, -0.05) is 0 Å². The minimum atomic E-state index is -3.05. The summed E-state index contributed by atoms with van der Waals surface area (Å²) in [5.41, 5.74) is 0.824. The second-order valence-corrected chi connectivity index (χ2v) is 9.99. The topological polar surface area (TPSA) is 79.0 Å². The minimum Gasteiger partial charge on any atom is -0.356 e. The van der Waals surface area contributed by atoms with E-state index in [4.69, 9.17) is 6.42 Å². The zero-order valence-electron chi connectivity index (χ0n) is 14.9. The van der Waals surface area contributed by atoms with Crippen molar-refractivity contribution < 1.29 is 8.42 Å². The zero-order chi connectivity index (χ0) is 18.3. The monoisotopic (exact) mass is 372 g/mol. The van der Waals surface area contributed by atoms with Crippen molar-refractivity contribution in [1.29, 1.82) is 0 Å².